The Balaban J connectivity index is 3.44. The molecule has 0 N–H and O–H groups in total. The molecule has 0 aliphatic carbocycles. The molecule has 0 saturated heterocycles. The minimum absolute atomic E-state index is 0.152. The summed E-state index contributed by atoms with van der Waals surface area (Å²) in [5.41, 5.74) is 0. The van der Waals surface area contributed by atoms with Gasteiger partial charge in [0.1, 0.15) is 5.78 Å². The standard InChI is InChI=1S/C7H10ClF3O/c8-5-1-2-6(12)3-4-7(9,10)11/h1-5H2. The molecule has 0 heterocycles. The van der Waals surface area contributed by atoms with Crippen LogP contribution in [0.5, 0.6) is 0 Å². The largest absolute Gasteiger partial charge is 0.389 e. The van der Waals surface area contributed by atoms with Gasteiger partial charge in [0.15, 0.2) is 0 Å². The Bertz CT molecular complexity index is 144. The molecule has 0 aliphatic rings. The first-order chi connectivity index (χ1) is 5.45. The third-order valence-corrected chi connectivity index (χ3v) is 1.54. The zero-order chi connectivity index (χ0) is 9.61. The summed E-state index contributed by atoms with van der Waals surface area (Å²) in [6.45, 7) is 0. The van der Waals surface area contributed by atoms with E-state index in [1.807, 2.05) is 0 Å². The van der Waals surface area contributed by atoms with Crippen molar-refractivity contribution >= 4 is 17.4 Å². The molecule has 0 aromatic carbocycles. The molecule has 0 saturated carbocycles. The molecule has 12 heavy (non-hydrogen) atoms. The summed E-state index contributed by atoms with van der Waals surface area (Å²) in [7, 11) is 0. The van der Waals surface area contributed by atoms with Crippen molar-refractivity contribution in [2.45, 2.75) is 31.9 Å². The minimum Gasteiger partial charge on any atom is -0.300 e. The zero-order valence-corrected chi connectivity index (χ0v) is 7.21. The lowest BCUT2D eigenvalue weighted by Crippen LogP contribution is -2.10. The molecular weight excluding hydrogens is 193 g/mol. The number of hydrogen-bond acceptors (Lipinski definition) is 1. The molecule has 0 amide bonds. The lowest BCUT2D eigenvalue weighted by atomic mass is 10.1. The molecule has 0 aromatic heterocycles. The fraction of sp³-hybridized carbons (Fsp3) is 0.857. The Morgan fingerprint density at radius 3 is 2.25 bits per heavy atom. The second-order valence-corrected chi connectivity index (χ2v) is 2.82. The van der Waals surface area contributed by atoms with E-state index >= 15 is 0 Å². The summed E-state index contributed by atoms with van der Waals surface area (Å²) in [5.74, 6) is -0.0504. The molecule has 0 spiro atoms. The third-order valence-electron chi connectivity index (χ3n) is 1.28. The molecule has 0 unspecified atom stereocenters. The Kier molecular flexibility index (Phi) is 5.29. The predicted octanol–water partition coefficient (Wildman–Crippen LogP) is 2.92. The van der Waals surface area contributed by atoms with E-state index in [4.69, 9.17) is 11.6 Å². The van der Waals surface area contributed by atoms with Crippen molar-refractivity contribution in [3.8, 4) is 0 Å². The highest BCUT2D eigenvalue weighted by atomic mass is 35.5. The van der Waals surface area contributed by atoms with Crippen LogP contribution in [0.4, 0.5) is 13.2 Å². The molecule has 0 fully saturated rings. The van der Waals surface area contributed by atoms with Gasteiger partial charge in [0.05, 0.1) is 6.42 Å². The van der Waals surface area contributed by atoms with Gasteiger partial charge < -0.3 is 0 Å². The maximum Gasteiger partial charge on any atom is 0.389 e. The van der Waals surface area contributed by atoms with Crippen LogP contribution in [0.15, 0.2) is 0 Å². The summed E-state index contributed by atoms with van der Waals surface area (Å²) in [6.07, 6.45) is -5.05. The predicted molar refractivity (Wildman–Crippen MR) is 40.3 cm³/mol. The van der Waals surface area contributed by atoms with E-state index in [2.05, 4.69) is 0 Å². The summed E-state index contributed by atoms with van der Waals surface area (Å²) < 4.78 is 34.7. The molecule has 0 aromatic rings. The number of hydrogen-bond donors (Lipinski definition) is 0. The van der Waals surface area contributed by atoms with Crippen LogP contribution in [0.3, 0.4) is 0 Å². The molecular formula is C7H10ClF3O. The highest BCUT2D eigenvalue weighted by Gasteiger charge is 2.27. The quantitative estimate of drug-likeness (QED) is 0.627. The van der Waals surface area contributed by atoms with Crippen LogP contribution in [-0.4, -0.2) is 17.8 Å². The number of halogens is 4. The number of carbonyl (C=O) groups is 1. The van der Waals surface area contributed by atoms with Crippen molar-refractivity contribution < 1.29 is 18.0 Å². The fourth-order valence-electron chi connectivity index (χ4n) is 0.670. The van der Waals surface area contributed by atoms with E-state index < -0.39 is 19.0 Å². The Labute approximate surface area is 73.9 Å². The Hall–Kier alpha value is -0.250. The average Bonchev–Trinajstić information content (AvgIpc) is 1.95. The summed E-state index contributed by atoms with van der Waals surface area (Å²) in [6, 6.07) is 0. The van der Waals surface area contributed by atoms with E-state index in [1.165, 1.54) is 0 Å². The first kappa shape index (κ1) is 11.8. The maximum absolute atomic E-state index is 11.6. The first-order valence-electron chi connectivity index (χ1n) is 3.60. The van der Waals surface area contributed by atoms with Crippen molar-refractivity contribution in [2.24, 2.45) is 0 Å². The van der Waals surface area contributed by atoms with Gasteiger partial charge in [-0.25, -0.2) is 0 Å². The van der Waals surface area contributed by atoms with Crippen LogP contribution in [0, 0.1) is 0 Å². The van der Waals surface area contributed by atoms with Crippen LogP contribution in [0.25, 0.3) is 0 Å². The van der Waals surface area contributed by atoms with E-state index in [0.717, 1.165) is 0 Å². The van der Waals surface area contributed by atoms with E-state index in [9.17, 15) is 18.0 Å². The fourth-order valence-corrected chi connectivity index (χ4v) is 0.804. The molecule has 5 heteroatoms. The second kappa shape index (κ2) is 5.41. The molecule has 1 nitrogen and oxygen atoms in total. The topological polar surface area (TPSA) is 17.1 Å². The summed E-state index contributed by atoms with van der Waals surface area (Å²) in [5, 5.41) is 0. The minimum atomic E-state index is -4.23. The van der Waals surface area contributed by atoms with E-state index in [-0.39, 0.29) is 12.2 Å². The van der Waals surface area contributed by atoms with Gasteiger partial charge in [-0.05, 0) is 6.42 Å². The zero-order valence-electron chi connectivity index (χ0n) is 6.46. The van der Waals surface area contributed by atoms with Crippen molar-refractivity contribution in [2.75, 3.05) is 5.88 Å². The van der Waals surface area contributed by atoms with Gasteiger partial charge in [0, 0.05) is 18.7 Å². The van der Waals surface area contributed by atoms with Crippen molar-refractivity contribution in [1.29, 1.82) is 0 Å². The number of ketones is 1. The van der Waals surface area contributed by atoms with Gasteiger partial charge in [0.25, 0.3) is 0 Å². The lowest BCUT2D eigenvalue weighted by Gasteiger charge is -2.04. The van der Waals surface area contributed by atoms with Crippen molar-refractivity contribution in [1.82, 2.24) is 0 Å². The smallest absolute Gasteiger partial charge is 0.300 e. The van der Waals surface area contributed by atoms with E-state index in [0.29, 0.717) is 12.3 Å². The van der Waals surface area contributed by atoms with Gasteiger partial charge in [-0.3, -0.25) is 4.79 Å². The van der Waals surface area contributed by atoms with Crippen molar-refractivity contribution in [3.63, 3.8) is 0 Å². The monoisotopic (exact) mass is 202 g/mol. The van der Waals surface area contributed by atoms with Gasteiger partial charge in [0.2, 0.25) is 0 Å². The SMILES string of the molecule is O=C(CCCCl)CCC(F)(F)F. The number of carbonyl (C=O) groups excluding carboxylic acids is 1. The molecule has 0 aliphatic heterocycles. The van der Waals surface area contributed by atoms with Crippen molar-refractivity contribution in [3.05, 3.63) is 0 Å². The lowest BCUT2D eigenvalue weighted by molar-refractivity contribution is -0.143. The van der Waals surface area contributed by atoms with Crippen LogP contribution >= 0.6 is 11.6 Å². The first-order valence-corrected chi connectivity index (χ1v) is 4.13. The van der Waals surface area contributed by atoms with E-state index in [1.54, 1.807) is 0 Å². The van der Waals surface area contributed by atoms with Gasteiger partial charge in [-0.15, -0.1) is 11.6 Å². The normalized spacial score (nSPS) is 11.7. The number of rotatable bonds is 5. The van der Waals surface area contributed by atoms with Gasteiger partial charge >= 0.3 is 6.18 Å². The Morgan fingerprint density at radius 1 is 1.25 bits per heavy atom. The number of Topliss-reactive ketones (excluding diaryl/α,β-unsaturated/α-hetero) is 1. The van der Waals surface area contributed by atoms with Crippen LogP contribution in [-0.2, 0) is 4.79 Å². The van der Waals surface area contributed by atoms with Crippen LogP contribution in [0.2, 0.25) is 0 Å². The maximum atomic E-state index is 11.6. The summed E-state index contributed by atoms with van der Waals surface area (Å²) in [4.78, 5) is 10.7. The van der Waals surface area contributed by atoms with Crippen LogP contribution in [0.1, 0.15) is 25.7 Å². The third kappa shape index (κ3) is 7.85. The summed E-state index contributed by atoms with van der Waals surface area (Å²) >= 11 is 5.26. The van der Waals surface area contributed by atoms with Gasteiger partial charge in [-0.1, -0.05) is 0 Å². The average molecular weight is 203 g/mol. The second-order valence-electron chi connectivity index (χ2n) is 2.45. The molecule has 72 valence electrons. The van der Waals surface area contributed by atoms with Crippen LogP contribution < -0.4 is 0 Å². The molecule has 0 radical (unpaired) electrons. The highest BCUT2D eigenvalue weighted by Crippen LogP contribution is 2.21. The molecule has 0 atom stereocenters. The molecule has 0 rings (SSSR count). The Morgan fingerprint density at radius 2 is 1.83 bits per heavy atom. The number of alkyl halides is 4. The molecule has 0 bridgehead atoms. The van der Waals surface area contributed by atoms with Gasteiger partial charge in [-0.2, -0.15) is 13.2 Å². The highest BCUT2D eigenvalue weighted by molar-refractivity contribution is 6.17.